The van der Waals surface area contributed by atoms with Gasteiger partial charge in [-0.25, -0.2) is 9.13 Å². The van der Waals surface area contributed by atoms with Crippen molar-refractivity contribution in [1.29, 1.82) is 0 Å². The molecule has 19 heteroatoms. The monoisotopic (exact) mass is 1350 g/mol. The SMILES string of the molecule is CCCCCC/C=C\C=C/CCCCCCCC(=O)O[C@H](COC(=O)CCCCCCCCCC(C)C)COP(=O)(O)OCC(O)COP(=O)(O)OC[C@@H](COC(=O)CCCCCCCCC(C)CC)OC(=O)CCCCCCCCCCCCCCCCC(C)C. The van der Waals surface area contributed by atoms with Crippen LogP contribution in [0.15, 0.2) is 24.3 Å². The highest BCUT2D eigenvalue weighted by Crippen LogP contribution is 2.45. The highest BCUT2D eigenvalue weighted by Gasteiger charge is 2.30. The second-order valence-electron chi connectivity index (χ2n) is 26.8. The smallest absolute Gasteiger partial charge is 0.462 e. The molecule has 0 aliphatic carbocycles. The minimum atomic E-state index is -4.96. The van der Waals surface area contributed by atoms with E-state index in [0.29, 0.717) is 31.6 Å². The molecule has 0 saturated heterocycles. The molecule has 0 aliphatic rings. The van der Waals surface area contributed by atoms with Gasteiger partial charge in [-0.05, 0) is 69.1 Å². The molecule has 4 unspecified atom stereocenters. The highest BCUT2D eigenvalue weighted by molar-refractivity contribution is 7.47. The van der Waals surface area contributed by atoms with E-state index in [0.717, 1.165) is 127 Å². The standard InChI is InChI=1S/C73H138O17P2/c1-8-10-11-12-13-14-15-16-17-21-24-27-32-42-49-56-72(77)89-68(60-83-70(75)54-47-40-34-29-31-38-45-52-65(5)6)62-87-91(79,80)85-58-67(74)59-86-92(81,82)88-63-69(61-84-71(76)55-48-41-36-35-39-46-53-66(7)9-2)90-73(78)57-50-43-33-28-25-22-19-18-20-23-26-30-37-44-51-64(3)4/h14-17,64-69,74H,8-13,18-63H2,1-7H3,(H,79,80)(H,81,82)/b15-14-,17-16-/t66?,67?,68-,69-/m1/s1. The van der Waals surface area contributed by atoms with Crippen molar-refractivity contribution >= 4 is 39.5 Å². The lowest BCUT2D eigenvalue weighted by molar-refractivity contribution is -0.161. The quantitative estimate of drug-likeness (QED) is 0.0169. The fourth-order valence-electron chi connectivity index (χ4n) is 10.5. The zero-order valence-electron chi connectivity index (χ0n) is 59.5. The number of aliphatic hydroxyl groups is 1. The number of ether oxygens (including phenoxy) is 4. The van der Waals surface area contributed by atoms with Crippen molar-refractivity contribution in [1.82, 2.24) is 0 Å². The predicted molar refractivity (Wildman–Crippen MR) is 372 cm³/mol. The number of carbonyl (C=O) groups excluding carboxylic acids is 4. The number of rotatable bonds is 69. The summed E-state index contributed by atoms with van der Waals surface area (Å²) in [6, 6.07) is 0. The summed E-state index contributed by atoms with van der Waals surface area (Å²) in [7, 11) is -9.92. The van der Waals surface area contributed by atoms with Gasteiger partial charge in [-0.2, -0.15) is 0 Å². The van der Waals surface area contributed by atoms with Crippen LogP contribution in [0.4, 0.5) is 0 Å². The van der Waals surface area contributed by atoms with Crippen LogP contribution in [0.5, 0.6) is 0 Å². The molecular formula is C73H138O17P2. The fourth-order valence-corrected chi connectivity index (χ4v) is 12.1. The Balaban J connectivity index is 5.27. The number of allylic oxidation sites excluding steroid dienone is 4. The van der Waals surface area contributed by atoms with Crippen LogP contribution in [-0.2, 0) is 65.4 Å². The van der Waals surface area contributed by atoms with Crippen molar-refractivity contribution in [3.63, 3.8) is 0 Å². The zero-order chi connectivity index (χ0) is 68.0. The Kier molecular flexibility index (Phi) is 61.6. The number of hydrogen-bond acceptors (Lipinski definition) is 15. The predicted octanol–water partition coefficient (Wildman–Crippen LogP) is 20.6. The lowest BCUT2D eigenvalue weighted by Crippen LogP contribution is -2.30. The molecule has 0 aromatic rings. The van der Waals surface area contributed by atoms with Crippen molar-refractivity contribution in [2.24, 2.45) is 17.8 Å². The molecule has 542 valence electrons. The third kappa shape index (κ3) is 64.9. The third-order valence-electron chi connectivity index (χ3n) is 16.6. The summed E-state index contributed by atoms with van der Waals surface area (Å²) in [5, 5.41) is 10.6. The molecule has 0 aliphatic heterocycles. The van der Waals surface area contributed by atoms with Crippen LogP contribution in [0.1, 0.15) is 344 Å². The first-order chi connectivity index (χ1) is 44.3. The molecule has 0 spiro atoms. The molecule has 0 amide bonds. The van der Waals surface area contributed by atoms with Crippen LogP contribution in [0.2, 0.25) is 0 Å². The topological polar surface area (TPSA) is 237 Å². The van der Waals surface area contributed by atoms with E-state index in [2.05, 4.69) is 72.8 Å². The summed E-state index contributed by atoms with van der Waals surface area (Å²) in [6.45, 7) is 11.7. The molecule has 0 heterocycles. The molecule has 0 fully saturated rings. The molecule has 92 heavy (non-hydrogen) atoms. The van der Waals surface area contributed by atoms with Crippen molar-refractivity contribution in [3.8, 4) is 0 Å². The minimum Gasteiger partial charge on any atom is -0.462 e. The zero-order valence-corrected chi connectivity index (χ0v) is 61.3. The van der Waals surface area contributed by atoms with Crippen LogP contribution in [0, 0.1) is 17.8 Å². The maximum Gasteiger partial charge on any atom is 0.472 e. The summed E-state index contributed by atoms with van der Waals surface area (Å²) < 4.78 is 68.3. The maximum absolute atomic E-state index is 13.0. The van der Waals surface area contributed by atoms with E-state index in [1.165, 1.54) is 128 Å². The van der Waals surface area contributed by atoms with Gasteiger partial charge in [0.15, 0.2) is 12.2 Å². The lowest BCUT2D eigenvalue weighted by atomic mass is 10.00. The van der Waals surface area contributed by atoms with Crippen LogP contribution in [0.25, 0.3) is 0 Å². The second kappa shape index (κ2) is 63.3. The van der Waals surface area contributed by atoms with Gasteiger partial charge in [0.1, 0.15) is 19.3 Å². The average molecular weight is 1350 g/mol. The van der Waals surface area contributed by atoms with Gasteiger partial charge < -0.3 is 33.8 Å². The molecule has 6 atom stereocenters. The van der Waals surface area contributed by atoms with Crippen LogP contribution in [-0.4, -0.2) is 96.7 Å². The highest BCUT2D eigenvalue weighted by atomic mass is 31.2. The van der Waals surface area contributed by atoms with Crippen molar-refractivity contribution in [2.75, 3.05) is 39.6 Å². The number of carbonyl (C=O) groups is 4. The lowest BCUT2D eigenvalue weighted by Gasteiger charge is -2.21. The third-order valence-corrected chi connectivity index (χ3v) is 18.5. The number of hydrogen-bond donors (Lipinski definition) is 3. The van der Waals surface area contributed by atoms with E-state index in [1.54, 1.807) is 0 Å². The molecule has 0 bridgehead atoms. The molecule has 0 rings (SSSR count). The Morgan fingerprint density at radius 1 is 0.359 bits per heavy atom. The number of aliphatic hydroxyl groups excluding tert-OH is 1. The second-order valence-corrected chi connectivity index (χ2v) is 29.7. The summed E-state index contributed by atoms with van der Waals surface area (Å²) in [5.41, 5.74) is 0. The maximum atomic E-state index is 13.0. The number of phosphoric acid groups is 2. The first-order valence-electron chi connectivity index (χ1n) is 37.2. The first kappa shape index (κ1) is 89.5. The Morgan fingerprint density at radius 3 is 0.967 bits per heavy atom. The van der Waals surface area contributed by atoms with Gasteiger partial charge in [-0.3, -0.25) is 37.3 Å². The molecular weight excluding hydrogens is 1210 g/mol. The summed E-state index contributed by atoms with van der Waals surface area (Å²) in [5.74, 6) is 0.0694. The van der Waals surface area contributed by atoms with Crippen molar-refractivity contribution < 1.29 is 80.2 Å². The molecule has 0 aromatic carbocycles. The Hall–Kier alpha value is -2.46. The van der Waals surface area contributed by atoms with Gasteiger partial charge in [-0.15, -0.1) is 0 Å². The van der Waals surface area contributed by atoms with Gasteiger partial charge >= 0.3 is 39.5 Å². The van der Waals surface area contributed by atoms with Gasteiger partial charge in [-0.1, -0.05) is 291 Å². The molecule has 3 N–H and O–H groups in total. The number of phosphoric ester groups is 2. The summed E-state index contributed by atoms with van der Waals surface area (Å²) in [6.07, 6.45) is 50.9. The van der Waals surface area contributed by atoms with Crippen LogP contribution < -0.4 is 0 Å². The van der Waals surface area contributed by atoms with Crippen molar-refractivity contribution in [3.05, 3.63) is 24.3 Å². The number of esters is 4. The largest absolute Gasteiger partial charge is 0.472 e. The minimum absolute atomic E-state index is 0.0838. The van der Waals surface area contributed by atoms with Gasteiger partial charge in [0.2, 0.25) is 0 Å². The molecule has 0 saturated carbocycles. The van der Waals surface area contributed by atoms with E-state index in [1.807, 2.05) is 0 Å². The first-order valence-corrected chi connectivity index (χ1v) is 40.2. The van der Waals surface area contributed by atoms with E-state index in [-0.39, 0.29) is 25.7 Å². The normalized spacial score (nSPS) is 14.6. The van der Waals surface area contributed by atoms with Crippen LogP contribution in [0.3, 0.4) is 0 Å². The summed E-state index contributed by atoms with van der Waals surface area (Å²) in [4.78, 5) is 72.6. The van der Waals surface area contributed by atoms with E-state index in [4.69, 9.17) is 37.0 Å². The van der Waals surface area contributed by atoms with Gasteiger partial charge in [0.05, 0.1) is 26.4 Å². The van der Waals surface area contributed by atoms with Gasteiger partial charge in [0.25, 0.3) is 0 Å². The molecule has 0 radical (unpaired) electrons. The van der Waals surface area contributed by atoms with E-state index < -0.39 is 97.5 Å². The van der Waals surface area contributed by atoms with E-state index >= 15 is 0 Å². The number of unbranched alkanes of at least 4 members (excludes halogenated alkanes) is 33. The van der Waals surface area contributed by atoms with Crippen LogP contribution >= 0.6 is 15.6 Å². The fraction of sp³-hybridized carbons (Fsp3) is 0.890. The van der Waals surface area contributed by atoms with Crippen molar-refractivity contribution in [2.45, 2.75) is 362 Å². The Labute approximate surface area is 561 Å². The molecule has 17 nitrogen and oxygen atoms in total. The van der Waals surface area contributed by atoms with Gasteiger partial charge in [0, 0.05) is 25.7 Å². The Bertz CT molecular complexity index is 1900. The summed E-state index contributed by atoms with van der Waals surface area (Å²) >= 11 is 0. The Morgan fingerprint density at radius 2 is 0.641 bits per heavy atom. The van der Waals surface area contributed by atoms with E-state index in [9.17, 15) is 43.2 Å². The molecule has 0 aromatic heterocycles. The average Bonchev–Trinajstić information content (AvgIpc) is 3.25.